The molecule has 1 atom stereocenters. The monoisotopic (exact) mass is 252 g/mol. The summed E-state index contributed by atoms with van der Waals surface area (Å²) in [5.74, 6) is 0.296. The van der Waals surface area contributed by atoms with Crippen LogP contribution in [0.5, 0.6) is 0 Å². The summed E-state index contributed by atoms with van der Waals surface area (Å²) in [6.07, 6.45) is 2.61. The van der Waals surface area contributed by atoms with E-state index in [0.29, 0.717) is 12.3 Å². The van der Waals surface area contributed by atoms with Gasteiger partial charge in [-0.2, -0.15) is 0 Å². The van der Waals surface area contributed by atoms with Gasteiger partial charge in [0, 0.05) is 17.8 Å². The summed E-state index contributed by atoms with van der Waals surface area (Å²) in [6, 6.07) is 2.42. The summed E-state index contributed by atoms with van der Waals surface area (Å²) < 4.78 is 0. The minimum atomic E-state index is 0.257. The van der Waals surface area contributed by atoms with Crippen molar-refractivity contribution in [3.05, 3.63) is 21.9 Å². The second-order valence-corrected chi connectivity index (χ2v) is 5.52. The van der Waals surface area contributed by atoms with E-state index in [1.54, 1.807) is 0 Å². The Morgan fingerprint density at radius 3 is 3.24 bits per heavy atom. The van der Waals surface area contributed by atoms with E-state index in [2.05, 4.69) is 23.7 Å². The molecular formula is C13H20N2OS. The molecule has 2 rings (SSSR count). The molecular weight excluding hydrogens is 232 g/mol. The molecule has 1 amide bonds. The molecule has 0 radical (unpaired) electrons. The maximum Gasteiger partial charge on any atom is 0.223 e. The summed E-state index contributed by atoms with van der Waals surface area (Å²) in [7, 11) is 1.92. The fourth-order valence-electron chi connectivity index (χ4n) is 2.41. The zero-order valence-electron chi connectivity index (χ0n) is 10.5. The molecule has 1 aromatic heterocycles. The number of carbonyl (C=O) groups is 1. The summed E-state index contributed by atoms with van der Waals surface area (Å²) in [5.41, 5.74) is 1.35. The van der Waals surface area contributed by atoms with Crippen LogP contribution < -0.4 is 5.32 Å². The molecule has 0 aliphatic carbocycles. The molecule has 1 aromatic rings. The van der Waals surface area contributed by atoms with E-state index in [9.17, 15) is 4.79 Å². The number of hydrogen-bond acceptors (Lipinski definition) is 3. The van der Waals surface area contributed by atoms with Crippen LogP contribution in [0.25, 0.3) is 0 Å². The van der Waals surface area contributed by atoms with Gasteiger partial charge in [-0.25, -0.2) is 0 Å². The highest BCUT2D eigenvalue weighted by Gasteiger charge is 2.27. The van der Waals surface area contributed by atoms with Gasteiger partial charge in [-0.3, -0.25) is 4.79 Å². The maximum absolute atomic E-state index is 12.1. The molecule has 0 aromatic carbocycles. The van der Waals surface area contributed by atoms with Crippen molar-refractivity contribution in [3.63, 3.8) is 0 Å². The highest BCUT2D eigenvalue weighted by atomic mass is 32.1. The number of nitrogens with zero attached hydrogens (tertiary/aromatic N) is 1. The van der Waals surface area contributed by atoms with Crippen LogP contribution in [0.3, 0.4) is 0 Å². The van der Waals surface area contributed by atoms with E-state index in [1.165, 1.54) is 10.4 Å². The fraction of sp³-hybridized carbons (Fsp3) is 0.615. The van der Waals surface area contributed by atoms with Crippen molar-refractivity contribution in [2.45, 2.75) is 32.2 Å². The quantitative estimate of drug-likeness (QED) is 0.833. The smallest absolute Gasteiger partial charge is 0.223 e. The topological polar surface area (TPSA) is 32.3 Å². The molecule has 1 aliphatic heterocycles. The van der Waals surface area contributed by atoms with Crippen molar-refractivity contribution >= 4 is 17.2 Å². The van der Waals surface area contributed by atoms with E-state index < -0.39 is 0 Å². The third-order valence-corrected chi connectivity index (χ3v) is 4.41. The number of rotatable bonds is 4. The third-order valence-electron chi connectivity index (χ3n) is 3.42. The first-order chi connectivity index (χ1) is 8.24. The fourth-order valence-corrected chi connectivity index (χ4v) is 3.37. The van der Waals surface area contributed by atoms with Gasteiger partial charge in [0.2, 0.25) is 5.91 Å². The predicted molar refractivity (Wildman–Crippen MR) is 71.3 cm³/mol. The molecule has 17 heavy (non-hydrogen) atoms. The van der Waals surface area contributed by atoms with E-state index in [4.69, 9.17) is 0 Å². The SMILES string of the molecule is CNCCCC(=O)N1CCc2sccc2C1C. The van der Waals surface area contributed by atoms with Crippen molar-refractivity contribution in [1.82, 2.24) is 10.2 Å². The summed E-state index contributed by atoms with van der Waals surface area (Å²) >= 11 is 1.82. The molecule has 4 heteroatoms. The van der Waals surface area contributed by atoms with E-state index in [0.717, 1.165) is 25.9 Å². The summed E-state index contributed by atoms with van der Waals surface area (Å²) in [6.45, 7) is 3.94. The lowest BCUT2D eigenvalue weighted by Gasteiger charge is -2.33. The lowest BCUT2D eigenvalue weighted by Crippen LogP contribution is -2.38. The van der Waals surface area contributed by atoms with Crippen molar-refractivity contribution < 1.29 is 4.79 Å². The van der Waals surface area contributed by atoms with Crippen LogP contribution in [-0.2, 0) is 11.2 Å². The molecule has 0 saturated carbocycles. The van der Waals surface area contributed by atoms with Crippen molar-refractivity contribution in [2.24, 2.45) is 0 Å². The molecule has 1 unspecified atom stereocenters. The van der Waals surface area contributed by atoms with Gasteiger partial charge in [-0.15, -0.1) is 11.3 Å². The maximum atomic E-state index is 12.1. The lowest BCUT2D eigenvalue weighted by molar-refractivity contribution is -0.133. The molecule has 94 valence electrons. The largest absolute Gasteiger partial charge is 0.336 e. The van der Waals surface area contributed by atoms with E-state index >= 15 is 0 Å². The zero-order valence-corrected chi connectivity index (χ0v) is 11.3. The average molecular weight is 252 g/mol. The molecule has 2 heterocycles. The standard InChI is InChI=1S/C13H20N2OS/c1-10-11-6-9-17-12(11)5-8-15(10)13(16)4-3-7-14-2/h6,9-10,14H,3-5,7-8H2,1-2H3. The summed E-state index contributed by atoms with van der Waals surface area (Å²) in [5, 5.41) is 5.21. The van der Waals surface area contributed by atoms with Crippen LogP contribution in [0.15, 0.2) is 11.4 Å². The highest BCUT2D eigenvalue weighted by Crippen LogP contribution is 2.33. The minimum absolute atomic E-state index is 0.257. The summed E-state index contributed by atoms with van der Waals surface area (Å²) in [4.78, 5) is 15.6. The Hall–Kier alpha value is -0.870. The van der Waals surface area contributed by atoms with Gasteiger partial charge >= 0.3 is 0 Å². The Balaban J connectivity index is 1.97. The Morgan fingerprint density at radius 1 is 1.65 bits per heavy atom. The van der Waals surface area contributed by atoms with Gasteiger partial charge < -0.3 is 10.2 Å². The number of amides is 1. The van der Waals surface area contributed by atoms with Crippen LogP contribution in [0, 0.1) is 0 Å². The second kappa shape index (κ2) is 5.65. The number of fused-ring (bicyclic) bond motifs is 1. The zero-order chi connectivity index (χ0) is 12.3. The Kier molecular flexibility index (Phi) is 4.18. The minimum Gasteiger partial charge on any atom is -0.336 e. The van der Waals surface area contributed by atoms with Crippen LogP contribution in [0.1, 0.15) is 36.2 Å². The molecule has 0 saturated heterocycles. The van der Waals surface area contributed by atoms with Crippen LogP contribution in [0.2, 0.25) is 0 Å². The van der Waals surface area contributed by atoms with E-state index in [1.807, 2.05) is 23.3 Å². The highest BCUT2D eigenvalue weighted by molar-refractivity contribution is 7.10. The van der Waals surface area contributed by atoms with Crippen LogP contribution in [-0.4, -0.2) is 30.9 Å². The second-order valence-electron chi connectivity index (χ2n) is 4.52. The normalized spacial score (nSPS) is 19.2. The number of hydrogen-bond donors (Lipinski definition) is 1. The third kappa shape index (κ3) is 2.69. The van der Waals surface area contributed by atoms with Gasteiger partial charge in [-0.1, -0.05) is 0 Å². The molecule has 3 nitrogen and oxygen atoms in total. The first kappa shape index (κ1) is 12.6. The molecule has 1 N–H and O–H groups in total. The van der Waals surface area contributed by atoms with Gasteiger partial charge in [-0.05, 0) is 50.4 Å². The van der Waals surface area contributed by atoms with Gasteiger partial charge in [0.15, 0.2) is 0 Å². The molecule has 0 spiro atoms. The number of nitrogens with one attached hydrogen (secondary N) is 1. The molecule has 1 aliphatic rings. The number of carbonyl (C=O) groups excluding carboxylic acids is 1. The van der Waals surface area contributed by atoms with E-state index in [-0.39, 0.29) is 6.04 Å². The Morgan fingerprint density at radius 2 is 2.47 bits per heavy atom. The van der Waals surface area contributed by atoms with Gasteiger partial charge in [0.25, 0.3) is 0 Å². The Bertz CT molecular complexity index is 389. The number of thiophene rings is 1. The van der Waals surface area contributed by atoms with Crippen molar-refractivity contribution in [1.29, 1.82) is 0 Å². The molecule has 0 bridgehead atoms. The Labute approximate surface area is 107 Å². The van der Waals surface area contributed by atoms with Gasteiger partial charge in [0.1, 0.15) is 0 Å². The lowest BCUT2D eigenvalue weighted by atomic mass is 10.0. The van der Waals surface area contributed by atoms with Crippen molar-refractivity contribution in [2.75, 3.05) is 20.1 Å². The average Bonchev–Trinajstić information content (AvgIpc) is 2.78. The first-order valence-electron chi connectivity index (χ1n) is 6.24. The van der Waals surface area contributed by atoms with Crippen LogP contribution >= 0.6 is 11.3 Å². The van der Waals surface area contributed by atoms with Gasteiger partial charge in [0.05, 0.1) is 6.04 Å². The van der Waals surface area contributed by atoms with Crippen molar-refractivity contribution in [3.8, 4) is 0 Å². The van der Waals surface area contributed by atoms with Crippen LogP contribution in [0.4, 0.5) is 0 Å². The molecule has 0 fully saturated rings. The first-order valence-corrected chi connectivity index (χ1v) is 7.12. The predicted octanol–water partition coefficient (Wildman–Crippen LogP) is 2.19.